The summed E-state index contributed by atoms with van der Waals surface area (Å²) >= 11 is 0. The molecule has 0 saturated heterocycles. The molecule has 0 aliphatic carbocycles. The number of anilines is 1. The van der Waals surface area contributed by atoms with Crippen LogP contribution in [0.5, 0.6) is 5.75 Å². The SMILES string of the molecule is COc1cccc(C(=O)C(=O)[O-])c1N. The molecule has 0 amide bonds. The van der Waals surface area contributed by atoms with Crippen LogP contribution in [0.2, 0.25) is 0 Å². The zero-order valence-electron chi connectivity index (χ0n) is 7.44. The Balaban J connectivity index is 3.22. The summed E-state index contributed by atoms with van der Waals surface area (Å²) in [4.78, 5) is 21.3. The van der Waals surface area contributed by atoms with Crippen molar-refractivity contribution in [1.29, 1.82) is 0 Å². The van der Waals surface area contributed by atoms with Gasteiger partial charge in [0.25, 0.3) is 0 Å². The minimum absolute atomic E-state index is 0.00389. The van der Waals surface area contributed by atoms with Crippen molar-refractivity contribution in [2.75, 3.05) is 12.8 Å². The first-order chi connectivity index (χ1) is 6.57. The molecule has 0 aromatic heterocycles. The fourth-order valence-corrected chi connectivity index (χ4v) is 1.03. The van der Waals surface area contributed by atoms with Crippen molar-refractivity contribution in [3.05, 3.63) is 23.8 Å². The number of para-hydroxylation sites is 1. The van der Waals surface area contributed by atoms with Crippen molar-refractivity contribution in [2.45, 2.75) is 0 Å². The van der Waals surface area contributed by atoms with Crippen molar-refractivity contribution in [2.24, 2.45) is 0 Å². The Hall–Kier alpha value is -2.04. The van der Waals surface area contributed by atoms with Gasteiger partial charge < -0.3 is 20.4 Å². The lowest BCUT2D eigenvalue weighted by molar-refractivity contribution is -0.296. The number of carbonyl (C=O) groups is 2. The van der Waals surface area contributed by atoms with E-state index < -0.39 is 11.8 Å². The first kappa shape index (κ1) is 10.0. The van der Waals surface area contributed by atoms with Crippen LogP contribution in [-0.2, 0) is 4.79 Å². The summed E-state index contributed by atoms with van der Waals surface area (Å²) in [6.07, 6.45) is 0. The molecular formula is C9H8NO4-. The molecule has 0 aliphatic rings. The van der Waals surface area contributed by atoms with Crippen molar-refractivity contribution in [3.8, 4) is 5.75 Å². The van der Waals surface area contributed by atoms with Gasteiger partial charge in [-0.05, 0) is 12.1 Å². The maximum Gasteiger partial charge on any atom is 0.210 e. The molecule has 14 heavy (non-hydrogen) atoms. The zero-order chi connectivity index (χ0) is 10.7. The maximum atomic E-state index is 11.0. The highest BCUT2D eigenvalue weighted by Crippen LogP contribution is 2.24. The minimum Gasteiger partial charge on any atom is -0.541 e. The highest BCUT2D eigenvalue weighted by molar-refractivity contribution is 6.40. The Labute approximate surface area is 80.1 Å². The van der Waals surface area contributed by atoms with E-state index >= 15 is 0 Å². The summed E-state index contributed by atoms with van der Waals surface area (Å²) in [6, 6.07) is 4.31. The van der Waals surface area contributed by atoms with Gasteiger partial charge in [0.05, 0.1) is 18.4 Å². The largest absolute Gasteiger partial charge is 0.541 e. The fraction of sp³-hybridized carbons (Fsp3) is 0.111. The standard InChI is InChI=1S/C9H9NO4/c1-14-6-4-2-3-5(7(6)10)8(11)9(12)13/h2-4H,10H2,1H3,(H,12,13)/p-1. The Morgan fingerprint density at radius 1 is 1.43 bits per heavy atom. The van der Waals surface area contributed by atoms with Crippen LogP contribution in [0.1, 0.15) is 10.4 Å². The predicted molar refractivity (Wildman–Crippen MR) is 46.7 cm³/mol. The number of benzene rings is 1. The molecule has 0 heterocycles. The average Bonchev–Trinajstić information content (AvgIpc) is 2.17. The summed E-state index contributed by atoms with van der Waals surface area (Å²) < 4.78 is 4.82. The Morgan fingerprint density at radius 2 is 2.07 bits per heavy atom. The third-order valence-electron chi connectivity index (χ3n) is 1.72. The Kier molecular flexibility index (Phi) is 2.71. The van der Waals surface area contributed by atoms with Crippen LogP contribution in [0.4, 0.5) is 5.69 Å². The van der Waals surface area contributed by atoms with Crippen LogP contribution < -0.4 is 15.6 Å². The van der Waals surface area contributed by atoms with Gasteiger partial charge in [0, 0.05) is 0 Å². The summed E-state index contributed by atoms with van der Waals surface area (Å²) in [5.74, 6) is -2.68. The predicted octanol–water partition coefficient (Wildman–Crippen LogP) is -0.790. The summed E-state index contributed by atoms with van der Waals surface area (Å²) in [5, 5.41) is 10.3. The number of rotatable bonds is 3. The normalized spacial score (nSPS) is 9.50. The topological polar surface area (TPSA) is 92.5 Å². The smallest absolute Gasteiger partial charge is 0.210 e. The van der Waals surface area contributed by atoms with E-state index in [0.717, 1.165) is 0 Å². The van der Waals surface area contributed by atoms with Gasteiger partial charge >= 0.3 is 0 Å². The monoisotopic (exact) mass is 194 g/mol. The number of hydrogen-bond donors (Lipinski definition) is 1. The number of nitrogens with two attached hydrogens (primary N) is 1. The molecule has 0 saturated carbocycles. The molecule has 0 aliphatic heterocycles. The Morgan fingerprint density at radius 3 is 2.57 bits per heavy atom. The van der Waals surface area contributed by atoms with Gasteiger partial charge in [-0.25, -0.2) is 0 Å². The molecule has 74 valence electrons. The van der Waals surface area contributed by atoms with Crippen molar-refractivity contribution in [3.63, 3.8) is 0 Å². The van der Waals surface area contributed by atoms with E-state index in [9.17, 15) is 14.7 Å². The van der Waals surface area contributed by atoms with Gasteiger partial charge in [0.15, 0.2) is 0 Å². The number of carboxylic acid groups (broad SMARTS) is 1. The number of methoxy groups -OCH3 is 1. The number of carbonyl (C=O) groups excluding carboxylic acids is 2. The lowest BCUT2D eigenvalue weighted by atomic mass is 10.1. The van der Waals surface area contributed by atoms with E-state index in [1.54, 1.807) is 0 Å². The van der Waals surface area contributed by atoms with E-state index in [4.69, 9.17) is 10.5 Å². The molecule has 1 aromatic rings. The Bertz CT molecular complexity index is 386. The van der Waals surface area contributed by atoms with Crippen LogP contribution in [0.25, 0.3) is 0 Å². The number of Topliss-reactive ketones (excluding diaryl/α,β-unsaturated/α-hetero) is 1. The van der Waals surface area contributed by atoms with Crippen LogP contribution in [0, 0.1) is 0 Å². The molecule has 5 heteroatoms. The van der Waals surface area contributed by atoms with Gasteiger partial charge in [0.1, 0.15) is 11.7 Å². The number of nitrogen functional groups attached to an aromatic ring is 1. The third-order valence-corrected chi connectivity index (χ3v) is 1.72. The second-order valence-electron chi connectivity index (χ2n) is 2.54. The van der Waals surface area contributed by atoms with Crippen molar-refractivity contribution < 1.29 is 19.4 Å². The fourth-order valence-electron chi connectivity index (χ4n) is 1.03. The second-order valence-corrected chi connectivity index (χ2v) is 2.54. The number of ketones is 1. The number of ether oxygens (including phenoxy) is 1. The highest BCUT2D eigenvalue weighted by atomic mass is 16.5. The number of aliphatic carboxylic acids is 1. The van der Waals surface area contributed by atoms with Crippen molar-refractivity contribution >= 4 is 17.4 Å². The molecule has 1 aromatic carbocycles. The van der Waals surface area contributed by atoms with Gasteiger partial charge in [-0.3, -0.25) is 4.79 Å². The highest BCUT2D eigenvalue weighted by Gasteiger charge is 2.13. The summed E-state index contributed by atoms with van der Waals surface area (Å²) in [6.45, 7) is 0. The van der Waals surface area contributed by atoms with E-state index in [1.807, 2.05) is 0 Å². The molecule has 0 fully saturated rings. The first-order valence-corrected chi connectivity index (χ1v) is 3.76. The van der Waals surface area contributed by atoms with E-state index in [2.05, 4.69) is 0 Å². The number of hydrogen-bond acceptors (Lipinski definition) is 5. The summed E-state index contributed by atoms with van der Waals surface area (Å²) in [5.41, 5.74) is 5.38. The molecule has 0 atom stereocenters. The summed E-state index contributed by atoms with van der Waals surface area (Å²) in [7, 11) is 1.37. The van der Waals surface area contributed by atoms with Gasteiger partial charge in [-0.2, -0.15) is 0 Å². The molecule has 2 N–H and O–H groups in total. The van der Waals surface area contributed by atoms with Crippen LogP contribution >= 0.6 is 0 Å². The van der Waals surface area contributed by atoms with Gasteiger partial charge in [-0.1, -0.05) is 6.07 Å². The number of carboxylic acids is 1. The molecule has 1 rings (SSSR count). The van der Waals surface area contributed by atoms with Crippen molar-refractivity contribution in [1.82, 2.24) is 0 Å². The molecule has 5 nitrogen and oxygen atoms in total. The lowest BCUT2D eigenvalue weighted by Gasteiger charge is -2.08. The van der Waals surface area contributed by atoms with Gasteiger partial charge in [-0.15, -0.1) is 0 Å². The van der Waals surface area contributed by atoms with Crippen LogP contribution in [0.3, 0.4) is 0 Å². The zero-order valence-corrected chi connectivity index (χ0v) is 7.44. The molecule has 0 radical (unpaired) electrons. The molecule has 0 spiro atoms. The van der Waals surface area contributed by atoms with E-state index in [0.29, 0.717) is 0 Å². The van der Waals surface area contributed by atoms with Crippen LogP contribution in [0.15, 0.2) is 18.2 Å². The van der Waals surface area contributed by atoms with Crippen LogP contribution in [-0.4, -0.2) is 18.9 Å². The average molecular weight is 194 g/mol. The quantitative estimate of drug-likeness (QED) is 0.386. The maximum absolute atomic E-state index is 11.0. The molecule has 0 bridgehead atoms. The van der Waals surface area contributed by atoms with Gasteiger partial charge in [0.2, 0.25) is 5.78 Å². The minimum atomic E-state index is -1.79. The third kappa shape index (κ3) is 1.66. The van der Waals surface area contributed by atoms with E-state index in [1.165, 1.54) is 25.3 Å². The second kappa shape index (κ2) is 3.78. The lowest BCUT2D eigenvalue weighted by Crippen LogP contribution is -2.32. The first-order valence-electron chi connectivity index (χ1n) is 3.76. The van der Waals surface area contributed by atoms with E-state index in [-0.39, 0.29) is 17.0 Å². The molecular weight excluding hydrogens is 186 g/mol. The molecule has 0 unspecified atom stereocenters.